The Bertz CT molecular complexity index is 729. The van der Waals surface area contributed by atoms with Gasteiger partial charge in [-0.3, -0.25) is 0 Å². The van der Waals surface area contributed by atoms with Gasteiger partial charge in [-0.2, -0.15) is 0 Å². The number of likely N-dealkylation sites (N-methyl/N-ethyl adjacent to an activating group) is 1. The van der Waals surface area contributed by atoms with Crippen LogP contribution >= 0.6 is 0 Å². The van der Waals surface area contributed by atoms with Crippen LogP contribution < -0.4 is 9.80 Å². The van der Waals surface area contributed by atoms with Crippen molar-refractivity contribution in [2.45, 2.75) is 54.9 Å². The van der Waals surface area contributed by atoms with E-state index in [0.29, 0.717) is 0 Å². The van der Waals surface area contributed by atoms with E-state index in [0.717, 1.165) is 45.3 Å². The van der Waals surface area contributed by atoms with Gasteiger partial charge < -0.3 is 19.4 Å². The topological polar surface area (TPSA) is 19.0 Å². The van der Waals surface area contributed by atoms with Crippen molar-refractivity contribution < 1.29 is 4.74 Å². The molecule has 4 heteroatoms. The number of nitrogens with zero attached hydrogens (tertiary/aromatic N) is 3. The number of anilines is 2. The van der Waals surface area contributed by atoms with E-state index >= 15 is 0 Å². The van der Waals surface area contributed by atoms with E-state index < -0.39 is 0 Å². The molecule has 2 saturated heterocycles. The standard InChI is InChI=1S/C12H18N2.C11H15NO.C5H12.C2H6/c1-11-3-5-12(6-4-11)14-9-7-13(2)8-10-14;1-10-2-4-11(5-3-10)12-6-8-13-9-7-12;1-4-5(2)3;1-2/h3-6H,7-10H2,1-2H3;2-5H,6-9H2,1H3;5H,4H2,1-3H3;1-2H3. The van der Waals surface area contributed by atoms with Gasteiger partial charge in [-0.15, -0.1) is 0 Å². The summed E-state index contributed by atoms with van der Waals surface area (Å²) in [6.45, 7) is 23.3. The molecule has 2 aliphatic heterocycles. The molecular weight excluding hydrogens is 418 g/mol. The van der Waals surface area contributed by atoms with Crippen molar-refractivity contribution in [3.05, 3.63) is 59.7 Å². The molecule has 2 aromatic rings. The summed E-state index contributed by atoms with van der Waals surface area (Å²) in [5.74, 6) is 0.884. The second-order valence-electron chi connectivity index (χ2n) is 9.36. The van der Waals surface area contributed by atoms with E-state index in [1.165, 1.54) is 42.0 Å². The molecule has 2 aromatic carbocycles. The molecule has 2 heterocycles. The fourth-order valence-corrected chi connectivity index (χ4v) is 3.40. The number of ether oxygens (including phenoxy) is 1. The average molecular weight is 470 g/mol. The first-order valence-electron chi connectivity index (χ1n) is 13.3. The van der Waals surface area contributed by atoms with Crippen molar-refractivity contribution in [3.8, 4) is 0 Å². The van der Waals surface area contributed by atoms with Gasteiger partial charge in [-0.1, -0.05) is 76.4 Å². The van der Waals surface area contributed by atoms with Crippen molar-refractivity contribution in [1.29, 1.82) is 0 Å². The highest BCUT2D eigenvalue weighted by Crippen LogP contribution is 2.17. The molecule has 4 rings (SSSR count). The smallest absolute Gasteiger partial charge is 0.0642 e. The number of hydrogen-bond acceptors (Lipinski definition) is 4. The van der Waals surface area contributed by atoms with Crippen molar-refractivity contribution in [2.75, 3.05) is 69.3 Å². The molecule has 0 N–H and O–H groups in total. The Kier molecular flexibility index (Phi) is 15.4. The van der Waals surface area contributed by atoms with Gasteiger partial charge in [-0.05, 0) is 51.1 Å². The van der Waals surface area contributed by atoms with E-state index in [1.54, 1.807) is 0 Å². The highest BCUT2D eigenvalue weighted by atomic mass is 16.5. The first-order valence-corrected chi connectivity index (χ1v) is 13.3. The van der Waals surface area contributed by atoms with Crippen molar-refractivity contribution in [3.63, 3.8) is 0 Å². The van der Waals surface area contributed by atoms with E-state index in [4.69, 9.17) is 4.74 Å². The predicted octanol–water partition coefficient (Wildman–Crippen LogP) is 6.66. The molecule has 0 radical (unpaired) electrons. The monoisotopic (exact) mass is 469 g/mol. The molecule has 0 spiro atoms. The maximum atomic E-state index is 5.30. The van der Waals surface area contributed by atoms with Crippen molar-refractivity contribution in [1.82, 2.24) is 4.90 Å². The van der Waals surface area contributed by atoms with Gasteiger partial charge in [0.1, 0.15) is 0 Å². The van der Waals surface area contributed by atoms with E-state index in [-0.39, 0.29) is 0 Å². The maximum absolute atomic E-state index is 5.30. The number of hydrogen-bond donors (Lipinski definition) is 0. The summed E-state index contributed by atoms with van der Waals surface area (Å²) in [6.07, 6.45) is 1.31. The zero-order chi connectivity index (χ0) is 25.3. The molecule has 192 valence electrons. The minimum absolute atomic E-state index is 0.855. The van der Waals surface area contributed by atoms with E-state index in [2.05, 4.69) is 105 Å². The molecule has 2 aliphatic rings. The van der Waals surface area contributed by atoms with Crippen LogP contribution in [0.15, 0.2) is 48.5 Å². The summed E-state index contributed by atoms with van der Waals surface area (Å²) < 4.78 is 5.30. The van der Waals surface area contributed by atoms with Crippen LogP contribution in [-0.2, 0) is 4.74 Å². The lowest BCUT2D eigenvalue weighted by atomic mass is 10.2. The average Bonchev–Trinajstić information content (AvgIpc) is 2.88. The zero-order valence-corrected chi connectivity index (χ0v) is 23.3. The molecule has 34 heavy (non-hydrogen) atoms. The molecule has 4 nitrogen and oxygen atoms in total. The predicted molar refractivity (Wildman–Crippen MR) is 152 cm³/mol. The SMILES string of the molecule is CC.CCC(C)C.Cc1ccc(N2CCN(C)CC2)cc1.Cc1ccc(N2CCOCC2)cc1. The van der Waals surface area contributed by atoms with Gasteiger partial charge in [0, 0.05) is 50.6 Å². The number of piperazine rings is 1. The first-order chi connectivity index (χ1) is 16.4. The number of morpholine rings is 1. The lowest BCUT2D eigenvalue weighted by Gasteiger charge is -2.34. The summed E-state index contributed by atoms with van der Waals surface area (Å²) >= 11 is 0. The molecule has 0 aliphatic carbocycles. The van der Waals surface area contributed by atoms with Gasteiger partial charge in [-0.25, -0.2) is 0 Å². The van der Waals surface area contributed by atoms with Crippen LogP contribution in [0, 0.1) is 19.8 Å². The molecule has 2 fully saturated rings. The largest absolute Gasteiger partial charge is 0.378 e. The lowest BCUT2D eigenvalue weighted by Crippen LogP contribution is -2.44. The summed E-state index contributed by atoms with van der Waals surface area (Å²) in [7, 11) is 2.19. The second kappa shape index (κ2) is 17.4. The molecule has 0 amide bonds. The Balaban J connectivity index is 0.000000270. The molecule has 0 atom stereocenters. The van der Waals surface area contributed by atoms with E-state index in [1.807, 2.05) is 13.8 Å². The molecule has 0 bridgehead atoms. The number of rotatable bonds is 3. The third-order valence-electron chi connectivity index (χ3n) is 6.13. The van der Waals surface area contributed by atoms with Crippen LogP contribution in [-0.4, -0.2) is 64.4 Å². The lowest BCUT2D eigenvalue weighted by molar-refractivity contribution is 0.122. The number of benzene rings is 2. The Labute approximate surface area is 210 Å². The normalized spacial score (nSPS) is 15.9. The molecular formula is C30H51N3O. The molecule has 0 aromatic heterocycles. The van der Waals surface area contributed by atoms with Crippen LogP contribution in [0.3, 0.4) is 0 Å². The van der Waals surface area contributed by atoms with Gasteiger partial charge in [0.25, 0.3) is 0 Å². The summed E-state index contributed by atoms with van der Waals surface area (Å²) in [5.41, 5.74) is 5.33. The number of aryl methyl sites for hydroxylation is 2. The first kappa shape index (κ1) is 30.0. The zero-order valence-electron chi connectivity index (χ0n) is 23.3. The Morgan fingerprint density at radius 1 is 0.676 bits per heavy atom. The van der Waals surface area contributed by atoms with Crippen molar-refractivity contribution in [2.24, 2.45) is 5.92 Å². The minimum Gasteiger partial charge on any atom is -0.378 e. The molecule has 0 saturated carbocycles. The van der Waals surface area contributed by atoms with Crippen LogP contribution in [0.1, 0.15) is 52.2 Å². The van der Waals surface area contributed by atoms with Crippen LogP contribution in [0.2, 0.25) is 0 Å². The maximum Gasteiger partial charge on any atom is 0.0642 e. The van der Waals surface area contributed by atoms with Crippen LogP contribution in [0.4, 0.5) is 11.4 Å². The second-order valence-corrected chi connectivity index (χ2v) is 9.36. The third-order valence-corrected chi connectivity index (χ3v) is 6.13. The van der Waals surface area contributed by atoms with Crippen LogP contribution in [0.5, 0.6) is 0 Å². The van der Waals surface area contributed by atoms with Gasteiger partial charge in [0.05, 0.1) is 13.2 Å². The summed E-state index contributed by atoms with van der Waals surface area (Å²) in [6, 6.07) is 17.5. The fraction of sp³-hybridized carbons (Fsp3) is 0.600. The van der Waals surface area contributed by atoms with E-state index in [9.17, 15) is 0 Å². The third kappa shape index (κ3) is 11.9. The van der Waals surface area contributed by atoms with Crippen LogP contribution in [0.25, 0.3) is 0 Å². The Morgan fingerprint density at radius 3 is 1.38 bits per heavy atom. The quantitative estimate of drug-likeness (QED) is 0.500. The highest BCUT2D eigenvalue weighted by molar-refractivity contribution is 5.48. The molecule has 0 unspecified atom stereocenters. The summed E-state index contributed by atoms with van der Waals surface area (Å²) in [5, 5.41) is 0. The van der Waals surface area contributed by atoms with Gasteiger partial charge >= 0.3 is 0 Å². The summed E-state index contributed by atoms with van der Waals surface area (Å²) in [4.78, 5) is 7.20. The fourth-order valence-electron chi connectivity index (χ4n) is 3.40. The minimum atomic E-state index is 0.855. The Morgan fingerprint density at radius 2 is 1.03 bits per heavy atom. The van der Waals surface area contributed by atoms with Gasteiger partial charge in [0.15, 0.2) is 0 Å². The Hall–Kier alpha value is -2.04. The van der Waals surface area contributed by atoms with Crippen molar-refractivity contribution >= 4 is 11.4 Å². The van der Waals surface area contributed by atoms with Gasteiger partial charge in [0.2, 0.25) is 0 Å². The highest BCUT2D eigenvalue weighted by Gasteiger charge is 2.13.